The third-order valence-electron chi connectivity index (χ3n) is 11.5. The molecular weight excluding hydrogens is 567 g/mol. The second kappa shape index (κ2) is 36.8. The minimum Gasteiger partial charge on any atom is -0.388 e. The van der Waals surface area contributed by atoms with Crippen molar-refractivity contribution in [3.8, 4) is 0 Å². The predicted octanol–water partition coefficient (Wildman–Crippen LogP) is 16.8. The van der Waals surface area contributed by atoms with Crippen LogP contribution < -0.4 is 5.32 Å². The SMILES string of the molecule is C=C(NCC(CCCCCCCCCCCCCCCCCC)CCCCCCCCCCCCCCCCCCC)C(C)(C)CC. The summed E-state index contributed by atoms with van der Waals surface area (Å²) in [5, 5.41) is 3.79. The summed E-state index contributed by atoms with van der Waals surface area (Å²) in [4.78, 5) is 0. The zero-order valence-corrected chi connectivity index (χ0v) is 33.9. The predicted molar refractivity (Wildman–Crippen MR) is 218 cm³/mol. The molecule has 0 bridgehead atoms. The Morgan fingerprint density at radius 3 is 0.872 bits per heavy atom. The highest BCUT2D eigenvalue weighted by atomic mass is 14.9. The molecule has 0 saturated heterocycles. The smallest absolute Gasteiger partial charge is 0.0172 e. The van der Waals surface area contributed by atoms with Crippen molar-refractivity contribution in [2.45, 2.75) is 266 Å². The van der Waals surface area contributed by atoms with E-state index in [2.05, 4.69) is 46.5 Å². The van der Waals surface area contributed by atoms with Crippen LogP contribution in [0.4, 0.5) is 0 Å². The number of rotatable bonds is 40. The molecule has 1 nitrogen and oxygen atoms in total. The number of nitrogens with one attached hydrogen (secondary N) is 1. The molecule has 0 aromatic carbocycles. The molecule has 0 aromatic heterocycles. The van der Waals surface area contributed by atoms with Crippen LogP contribution in [0.2, 0.25) is 0 Å². The van der Waals surface area contributed by atoms with Gasteiger partial charge in [-0.25, -0.2) is 0 Å². The average molecular weight is 660 g/mol. The fourth-order valence-corrected chi connectivity index (χ4v) is 7.21. The van der Waals surface area contributed by atoms with Crippen molar-refractivity contribution in [3.63, 3.8) is 0 Å². The lowest BCUT2D eigenvalue weighted by Crippen LogP contribution is -2.29. The Hall–Kier alpha value is -0.460. The van der Waals surface area contributed by atoms with Crippen molar-refractivity contribution >= 4 is 0 Å². The molecule has 282 valence electrons. The van der Waals surface area contributed by atoms with Gasteiger partial charge in [0.25, 0.3) is 0 Å². The number of hydrogen-bond donors (Lipinski definition) is 1. The molecule has 1 unspecified atom stereocenters. The largest absolute Gasteiger partial charge is 0.388 e. The van der Waals surface area contributed by atoms with E-state index >= 15 is 0 Å². The van der Waals surface area contributed by atoms with Gasteiger partial charge in [-0.05, 0) is 25.2 Å². The van der Waals surface area contributed by atoms with E-state index in [0.29, 0.717) is 0 Å². The van der Waals surface area contributed by atoms with Crippen molar-refractivity contribution < 1.29 is 0 Å². The summed E-state index contributed by atoms with van der Waals surface area (Å²) < 4.78 is 0. The molecule has 0 fully saturated rings. The Morgan fingerprint density at radius 1 is 0.404 bits per heavy atom. The van der Waals surface area contributed by atoms with Crippen LogP contribution in [0.15, 0.2) is 12.3 Å². The van der Waals surface area contributed by atoms with Crippen LogP contribution in [-0.2, 0) is 0 Å². The summed E-state index contributed by atoms with van der Waals surface area (Å²) in [6.45, 7) is 17.1. The molecule has 0 radical (unpaired) electrons. The molecule has 0 amide bonds. The van der Waals surface area contributed by atoms with E-state index in [1.54, 1.807) is 0 Å². The van der Waals surface area contributed by atoms with E-state index < -0.39 is 0 Å². The van der Waals surface area contributed by atoms with Crippen LogP contribution in [0.3, 0.4) is 0 Å². The van der Waals surface area contributed by atoms with Crippen molar-refractivity contribution in [2.75, 3.05) is 6.54 Å². The monoisotopic (exact) mass is 660 g/mol. The Morgan fingerprint density at radius 2 is 0.638 bits per heavy atom. The topological polar surface area (TPSA) is 12.0 Å². The maximum absolute atomic E-state index is 4.42. The molecule has 0 heterocycles. The van der Waals surface area contributed by atoms with Gasteiger partial charge in [-0.2, -0.15) is 0 Å². The molecule has 0 aliphatic heterocycles. The molecular formula is C46H93N. The highest BCUT2D eigenvalue weighted by Gasteiger charge is 2.20. The highest BCUT2D eigenvalue weighted by molar-refractivity contribution is 5.04. The molecule has 0 aliphatic carbocycles. The van der Waals surface area contributed by atoms with Gasteiger partial charge in [-0.1, -0.05) is 253 Å². The van der Waals surface area contributed by atoms with E-state index in [9.17, 15) is 0 Å². The standard InChI is InChI=1S/C46H93N/c1-7-10-12-14-16-18-20-22-24-26-28-30-32-34-36-38-40-42-45(43-47-44(4)46(5,6)9-3)41-39-37-35-33-31-29-27-25-23-21-19-17-15-13-11-8-2/h45,47H,4,7-43H2,1-3,5-6H3. The van der Waals surface area contributed by atoms with Crippen LogP contribution in [0.25, 0.3) is 0 Å². The van der Waals surface area contributed by atoms with Crippen molar-refractivity contribution in [1.29, 1.82) is 0 Å². The van der Waals surface area contributed by atoms with E-state index in [4.69, 9.17) is 0 Å². The molecule has 1 atom stereocenters. The minimum absolute atomic E-state index is 0.201. The fraction of sp³-hybridized carbons (Fsp3) is 0.957. The summed E-state index contributed by atoms with van der Waals surface area (Å²) in [5.74, 6) is 0.822. The van der Waals surface area contributed by atoms with E-state index in [0.717, 1.165) is 18.9 Å². The molecule has 1 heteroatoms. The normalized spacial score (nSPS) is 12.5. The first kappa shape index (κ1) is 46.5. The quantitative estimate of drug-likeness (QED) is 0.0645. The molecule has 47 heavy (non-hydrogen) atoms. The van der Waals surface area contributed by atoms with E-state index in [-0.39, 0.29) is 5.41 Å². The second-order valence-corrected chi connectivity index (χ2v) is 16.5. The van der Waals surface area contributed by atoms with Crippen molar-refractivity contribution in [1.82, 2.24) is 5.32 Å². The molecule has 0 rings (SSSR count). The highest BCUT2D eigenvalue weighted by Crippen LogP contribution is 2.27. The van der Waals surface area contributed by atoms with Crippen molar-refractivity contribution in [2.24, 2.45) is 11.3 Å². The second-order valence-electron chi connectivity index (χ2n) is 16.5. The molecule has 0 aliphatic rings. The van der Waals surface area contributed by atoms with Crippen molar-refractivity contribution in [3.05, 3.63) is 12.3 Å². The Bertz CT molecular complexity index is 606. The van der Waals surface area contributed by atoms with Crippen LogP contribution in [0.5, 0.6) is 0 Å². The summed E-state index contributed by atoms with van der Waals surface area (Å²) in [6, 6.07) is 0. The van der Waals surface area contributed by atoms with Gasteiger partial charge in [0.05, 0.1) is 0 Å². The van der Waals surface area contributed by atoms with Gasteiger partial charge in [0.15, 0.2) is 0 Å². The average Bonchev–Trinajstić information content (AvgIpc) is 3.07. The summed E-state index contributed by atoms with van der Waals surface area (Å²) >= 11 is 0. The number of unbranched alkanes of at least 4 members (excludes halogenated alkanes) is 31. The molecule has 0 spiro atoms. The fourth-order valence-electron chi connectivity index (χ4n) is 7.21. The zero-order chi connectivity index (χ0) is 34.5. The lowest BCUT2D eigenvalue weighted by atomic mass is 9.86. The lowest BCUT2D eigenvalue weighted by molar-refractivity contribution is 0.354. The van der Waals surface area contributed by atoms with Gasteiger partial charge in [-0.3, -0.25) is 0 Å². The molecule has 0 saturated carbocycles. The summed E-state index contributed by atoms with van der Waals surface area (Å²) in [7, 11) is 0. The Balaban J connectivity index is 3.88. The third-order valence-corrected chi connectivity index (χ3v) is 11.5. The summed E-state index contributed by atoms with van der Waals surface area (Å²) in [6.07, 6.45) is 52.0. The van der Waals surface area contributed by atoms with Gasteiger partial charge in [0, 0.05) is 17.7 Å². The van der Waals surface area contributed by atoms with Gasteiger partial charge < -0.3 is 5.32 Å². The maximum Gasteiger partial charge on any atom is 0.0172 e. The third kappa shape index (κ3) is 33.8. The first-order valence-corrected chi connectivity index (χ1v) is 22.4. The number of hydrogen-bond acceptors (Lipinski definition) is 1. The molecule has 1 N–H and O–H groups in total. The minimum atomic E-state index is 0.201. The van der Waals surface area contributed by atoms with Crippen LogP contribution in [0, 0.1) is 11.3 Å². The first-order valence-electron chi connectivity index (χ1n) is 22.4. The number of allylic oxidation sites excluding steroid dienone is 1. The van der Waals surface area contributed by atoms with Gasteiger partial charge in [0.1, 0.15) is 0 Å². The zero-order valence-electron chi connectivity index (χ0n) is 33.9. The van der Waals surface area contributed by atoms with E-state index in [1.165, 1.54) is 230 Å². The summed E-state index contributed by atoms with van der Waals surface area (Å²) in [5.41, 5.74) is 1.45. The first-order chi connectivity index (χ1) is 23.0. The lowest BCUT2D eigenvalue weighted by Gasteiger charge is -2.29. The van der Waals surface area contributed by atoms with Gasteiger partial charge in [-0.15, -0.1) is 0 Å². The van der Waals surface area contributed by atoms with Crippen LogP contribution in [-0.4, -0.2) is 6.54 Å². The van der Waals surface area contributed by atoms with E-state index in [1.807, 2.05) is 0 Å². The maximum atomic E-state index is 4.42. The van der Waals surface area contributed by atoms with Crippen LogP contribution >= 0.6 is 0 Å². The van der Waals surface area contributed by atoms with Gasteiger partial charge in [0.2, 0.25) is 0 Å². The van der Waals surface area contributed by atoms with Crippen LogP contribution in [0.1, 0.15) is 266 Å². The van der Waals surface area contributed by atoms with Gasteiger partial charge >= 0.3 is 0 Å². The Kier molecular flexibility index (Phi) is 36.5. The Labute approximate surface area is 300 Å². The molecule has 0 aromatic rings.